The molecular weight excluding hydrogens is 160 g/mol. The lowest BCUT2D eigenvalue weighted by Gasteiger charge is -2.18. The Bertz CT molecular complexity index is 229. The van der Waals surface area contributed by atoms with E-state index in [1.807, 2.05) is 20.8 Å². The number of nitrogens with zero attached hydrogens (tertiary/aromatic N) is 2. The molecule has 0 fully saturated rings. The van der Waals surface area contributed by atoms with Crippen LogP contribution in [-0.2, 0) is 4.84 Å². The molecule has 0 aromatic rings. The minimum Gasteiger partial charge on any atom is -0.463 e. The van der Waals surface area contributed by atoms with Crippen LogP contribution in [0.15, 0.2) is 4.99 Å². The number of aliphatic imine (C=N–C) groups is 1. The molecule has 5 nitrogen and oxygen atoms in total. The highest BCUT2D eigenvalue weighted by Gasteiger charge is 2.30. The summed E-state index contributed by atoms with van der Waals surface area (Å²) in [5.74, 6) is 0.463. The number of rotatable bonds is 0. The fourth-order valence-corrected chi connectivity index (χ4v) is 0.764. The van der Waals surface area contributed by atoms with Gasteiger partial charge in [-0.15, -0.1) is 5.06 Å². The van der Waals surface area contributed by atoms with Crippen LogP contribution in [0, 0.1) is 5.41 Å². The van der Waals surface area contributed by atoms with Crippen LogP contribution in [-0.4, -0.2) is 28.8 Å². The van der Waals surface area contributed by atoms with Crippen LogP contribution in [0.2, 0.25) is 0 Å². The van der Waals surface area contributed by atoms with Crippen molar-refractivity contribution in [2.45, 2.75) is 20.8 Å². The molecule has 0 aromatic carbocycles. The first-order chi connectivity index (χ1) is 5.41. The third-order valence-corrected chi connectivity index (χ3v) is 1.39. The predicted molar refractivity (Wildman–Crippen MR) is 42.7 cm³/mol. The summed E-state index contributed by atoms with van der Waals surface area (Å²) in [7, 11) is 0. The Morgan fingerprint density at radius 3 is 2.50 bits per heavy atom. The van der Waals surface area contributed by atoms with Gasteiger partial charge in [-0.2, -0.15) is 0 Å². The van der Waals surface area contributed by atoms with Crippen molar-refractivity contribution >= 4 is 12.0 Å². The molecule has 1 N–H and O–H groups in total. The van der Waals surface area contributed by atoms with Crippen LogP contribution in [0.3, 0.4) is 0 Å². The van der Waals surface area contributed by atoms with Gasteiger partial charge in [-0.1, -0.05) is 20.8 Å². The van der Waals surface area contributed by atoms with Crippen molar-refractivity contribution in [1.82, 2.24) is 5.06 Å². The number of carboxylic acid groups (broad SMARTS) is 1. The van der Waals surface area contributed by atoms with Crippen molar-refractivity contribution < 1.29 is 14.7 Å². The molecule has 12 heavy (non-hydrogen) atoms. The smallest absolute Gasteiger partial charge is 0.442 e. The molecule has 68 valence electrons. The summed E-state index contributed by atoms with van der Waals surface area (Å²) in [6.07, 6.45) is -1.11. The van der Waals surface area contributed by atoms with Crippen LogP contribution in [0.4, 0.5) is 4.79 Å². The van der Waals surface area contributed by atoms with Crippen molar-refractivity contribution in [3.05, 3.63) is 0 Å². The Hall–Kier alpha value is -1.26. The van der Waals surface area contributed by atoms with Crippen LogP contribution >= 0.6 is 0 Å². The summed E-state index contributed by atoms with van der Waals surface area (Å²) in [6, 6.07) is 0. The summed E-state index contributed by atoms with van der Waals surface area (Å²) in [6.45, 7) is 5.81. The van der Waals surface area contributed by atoms with Gasteiger partial charge in [0.15, 0.2) is 6.67 Å². The third kappa shape index (κ3) is 1.66. The molecule has 5 heteroatoms. The van der Waals surface area contributed by atoms with Gasteiger partial charge in [0.25, 0.3) is 0 Å². The number of amides is 1. The lowest BCUT2D eigenvalue weighted by atomic mass is 9.97. The molecule has 0 radical (unpaired) electrons. The van der Waals surface area contributed by atoms with E-state index in [0.717, 1.165) is 5.06 Å². The predicted octanol–water partition coefficient (Wildman–Crippen LogP) is 1.31. The Morgan fingerprint density at radius 1 is 1.67 bits per heavy atom. The highest BCUT2D eigenvalue weighted by Crippen LogP contribution is 2.21. The van der Waals surface area contributed by atoms with Gasteiger partial charge in [0.2, 0.25) is 5.90 Å². The molecule has 1 aliphatic rings. The largest absolute Gasteiger partial charge is 0.463 e. The molecule has 0 unspecified atom stereocenters. The van der Waals surface area contributed by atoms with E-state index < -0.39 is 6.09 Å². The second-order valence-corrected chi connectivity index (χ2v) is 3.61. The minimum atomic E-state index is -1.11. The molecular formula is C7H12N2O3. The van der Waals surface area contributed by atoms with E-state index in [-0.39, 0.29) is 12.1 Å². The fraction of sp³-hybridized carbons (Fsp3) is 0.714. The molecule has 0 spiro atoms. The fourth-order valence-electron chi connectivity index (χ4n) is 0.764. The van der Waals surface area contributed by atoms with Gasteiger partial charge in [-0.3, -0.25) is 0 Å². The monoisotopic (exact) mass is 172 g/mol. The summed E-state index contributed by atoms with van der Waals surface area (Å²) >= 11 is 0. The van der Waals surface area contributed by atoms with Gasteiger partial charge < -0.3 is 9.94 Å². The number of hydrogen-bond donors (Lipinski definition) is 1. The Kier molecular flexibility index (Phi) is 1.95. The summed E-state index contributed by atoms with van der Waals surface area (Å²) in [4.78, 5) is 19.3. The van der Waals surface area contributed by atoms with E-state index in [9.17, 15) is 4.79 Å². The molecule has 0 aromatic heterocycles. The maximum absolute atomic E-state index is 10.4. The summed E-state index contributed by atoms with van der Waals surface area (Å²) in [5, 5.41) is 9.33. The molecule has 1 heterocycles. The van der Waals surface area contributed by atoms with E-state index in [0.29, 0.717) is 5.90 Å². The first-order valence-corrected chi connectivity index (χ1v) is 3.64. The quantitative estimate of drug-likeness (QED) is 0.599. The molecule has 0 saturated carbocycles. The van der Waals surface area contributed by atoms with E-state index in [2.05, 4.69) is 4.99 Å². The zero-order chi connectivity index (χ0) is 9.35. The topological polar surface area (TPSA) is 62.1 Å². The van der Waals surface area contributed by atoms with Crippen molar-refractivity contribution in [2.75, 3.05) is 6.67 Å². The average molecular weight is 172 g/mol. The first kappa shape index (κ1) is 8.83. The minimum absolute atomic E-state index is 0.0714. The van der Waals surface area contributed by atoms with E-state index in [1.54, 1.807) is 0 Å². The van der Waals surface area contributed by atoms with E-state index >= 15 is 0 Å². The second-order valence-electron chi connectivity index (χ2n) is 3.61. The number of hydrogen-bond acceptors (Lipinski definition) is 3. The summed E-state index contributed by atoms with van der Waals surface area (Å²) in [5.41, 5.74) is -0.232. The van der Waals surface area contributed by atoms with Crippen LogP contribution < -0.4 is 0 Å². The first-order valence-electron chi connectivity index (χ1n) is 3.64. The maximum Gasteiger partial charge on any atom is 0.442 e. The third-order valence-electron chi connectivity index (χ3n) is 1.39. The highest BCUT2D eigenvalue weighted by molar-refractivity contribution is 5.84. The van der Waals surface area contributed by atoms with Gasteiger partial charge in [-0.25, -0.2) is 9.79 Å². The van der Waals surface area contributed by atoms with Crippen molar-refractivity contribution in [3.63, 3.8) is 0 Å². The van der Waals surface area contributed by atoms with Crippen LogP contribution in [0.5, 0.6) is 0 Å². The number of carbonyl (C=O) groups is 1. The Morgan fingerprint density at radius 2 is 2.25 bits per heavy atom. The van der Waals surface area contributed by atoms with Gasteiger partial charge in [0, 0.05) is 5.41 Å². The molecule has 0 atom stereocenters. The molecule has 1 rings (SSSR count). The molecule has 0 aliphatic carbocycles. The highest BCUT2D eigenvalue weighted by atomic mass is 16.7. The second kappa shape index (κ2) is 2.66. The van der Waals surface area contributed by atoms with Crippen LogP contribution in [0.25, 0.3) is 0 Å². The number of hydroxylamine groups is 2. The SMILES string of the molecule is CC(C)(C)C1=NCN(C(=O)O)O1. The molecule has 0 saturated heterocycles. The van der Waals surface area contributed by atoms with Crippen molar-refractivity contribution in [1.29, 1.82) is 0 Å². The van der Waals surface area contributed by atoms with Gasteiger partial charge in [-0.05, 0) is 0 Å². The van der Waals surface area contributed by atoms with E-state index in [4.69, 9.17) is 9.94 Å². The zero-order valence-corrected chi connectivity index (χ0v) is 7.37. The Labute approximate surface area is 70.6 Å². The van der Waals surface area contributed by atoms with Crippen molar-refractivity contribution in [3.8, 4) is 0 Å². The maximum atomic E-state index is 10.4. The Balaban J connectivity index is 2.61. The standard InChI is InChI=1S/C7H12N2O3/c1-7(2,3)5-8-4-9(12-5)6(10)11/h4H2,1-3H3,(H,10,11). The van der Waals surface area contributed by atoms with Gasteiger partial charge >= 0.3 is 6.09 Å². The van der Waals surface area contributed by atoms with Gasteiger partial charge in [0.1, 0.15) is 0 Å². The zero-order valence-electron chi connectivity index (χ0n) is 7.37. The normalized spacial score (nSPS) is 17.2. The van der Waals surface area contributed by atoms with Crippen molar-refractivity contribution in [2.24, 2.45) is 10.4 Å². The molecule has 0 bridgehead atoms. The van der Waals surface area contributed by atoms with Crippen LogP contribution in [0.1, 0.15) is 20.8 Å². The molecule has 1 aliphatic heterocycles. The lowest BCUT2D eigenvalue weighted by molar-refractivity contribution is -0.0341. The molecule has 1 amide bonds. The lowest BCUT2D eigenvalue weighted by Crippen LogP contribution is -2.30. The van der Waals surface area contributed by atoms with Gasteiger partial charge in [0.05, 0.1) is 0 Å². The van der Waals surface area contributed by atoms with E-state index in [1.165, 1.54) is 0 Å². The average Bonchev–Trinajstić information content (AvgIpc) is 2.30. The summed E-state index contributed by atoms with van der Waals surface area (Å²) < 4.78 is 0.